The van der Waals surface area contributed by atoms with Gasteiger partial charge in [-0.15, -0.1) is 13.2 Å². The Morgan fingerprint density at radius 3 is 2.33 bits per heavy atom. The fraction of sp³-hybridized carbons (Fsp3) is 0.267. The van der Waals surface area contributed by atoms with Crippen LogP contribution in [0.1, 0.15) is 65.1 Å². The third-order valence-corrected chi connectivity index (χ3v) is 6.96. The first-order valence-electron chi connectivity index (χ1n) is 12.8. The summed E-state index contributed by atoms with van der Waals surface area (Å²) in [6.07, 6.45) is -1.59. The number of aromatic nitrogens is 1. The average Bonchev–Trinajstić information content (AvgIpc) is 3.31. The summed E-state index contributed by atoms with van der Waals surface area (Å²) in [4.78, 5) is 26.4. The third kappa shape index (κ3) is 7.15. The maximum absolute atomic E-state index is 13.0. The van der Waals surface area contributed by atoms with Crippen LogP contribution in [0.15, 0.2) is 72.9 Å². The summed E-state index contributed by atoms with van der Waals surface area (Å²) in [6.45, 7) is 2.08. The lowest BCUT2D eigenvalue weighted by Gasteiger charge is -2.28. The Morgan fingerprint density at radius 1 is 1.02 bits per heavy atom. The van der Waals surface area contributed by atoms with Crippen LogP contribution in [0.3, 0.4) is 0 Å². The number of halogens is 4. The molecule has 0 spiro atoms. The highest BCUT2D eigenvalue weighted by atomic mass is 35.5. The Bertz CT molecular complexity index is 1470. The van der Waals surface area contributed by atoms with Crippen LogP contribution >= 0.6 is 11.6 Å². The van der Waals surface area contributed by atoms with Gasteiger partial charge in [-0.1, -0.05) is 49.2 Å². The Hall–Kier alpha value is -3.98. The van der Waals surface area contributed by atoms with Crippen LogP contribution in [0.5, 0.6) is 5.75 Å². The van der Waals surface area contributed by atoms with E-state index in [2.05, 4.69) is 22.0 Å². The van der Waals surface area contributed by atoms with Crippen molar-refractivity contribution in [2.45, 2.75) is 44.4 Å². The van der Waals surface area contributed by atoms with Gasteiger partial charge in [0.05, 0.1) is 6.42 Å². The van der Waals surface area contributed by atoms with Crippen molar-refractivity contribution < 1.29 is 32.6 Å². The van der Waals surface area contributed by atoms with Gasteiger partial charge in [0.25, 0.3) is 5.91 Å². The predicted octanol–water partition coefficient (Wildman–Crippen LogP) is 7.64. The van der Waals surface area contributed by atoms with Gasteiger partial charge in [0.2, 0.25) is 0 Å². The van der Waals surface area contributed by atoms with Crippen molar-refractivity contribution in [2.75, 3.05) is 6.54 Å². The quantitative estimate of drug-likeness (QED) is 0.172. The number of carbonyl (C=O) groups excluding carboxylic acids is 1. The molecule has 0 aliphatic heterocycles. The monoisotopic (exact) mass is 572 g/mol. The minimum absolute atomic E-state index is 0.0215. The van der Waals surface area contributed by atoms with Crippen LogP contribution in [-0.4, -0.2) is 34.9 Å². The lowest BCUT2D eigenvalue weighted by atomic mass is 9.75. The molecule has 1 aromatic heterocycles. The highest BCUT2D eigenvalue weighted by molar-refractivity contribution is 6.30. The lowest BCUT2D eigenvalue weighted by Crippen LogP contribution is -2.26. The van der Waals surface area contributed by atoms with Crippen molar-refractivity contribution in [3.63, 3.8) is 0 Å². The standard InChI is InChI=1S/C30H28ClF3N2O4/c1-2-3-23(18-4-6-20(7-5-18)29(39)35-15-14-27(37)38)28(19-8-10-21(31)11-9-19)25-17-36-26-13-12-22(16-24(25)26)40-30(32,33)34/h4-13,16-17,23,28,36H,2-3,14-15H2,1H3,(H,35,39)(H,37,38). The summed E-state index contributed by atoms with van der Waals surface area (Å²) in [5, 5.41) is 12.6. The molecule has 1 heterocycles. The van der Waals surface area contributed by atoms with Crippen LogP contribution < -0.4 is 10.1 Å². The number of fused-ring (bicyclic) bond motifs is 1. The largest absolute Gasteiger partial charge is 0.573 e. The number of alkyl halides is 3. The molecule has 0 fully saturated rings. The van der Waals surface area contributed by atoms with Crippen LogP contribution in [0, 0.1) is 0 Å². The van der Waals surface area contributed by atoms with Gasteiger partial charge in [0.1, 0.15) is 5.75 Å². The average molecular weight is 573 g/mol. The fourth-order valence-electron chi connectivity index (χ4n) is 4.98. The summed E-state index contributed by atoms with van der Waals surface area (Å²) in [5.41, 5.74) is 3.75. The lowest BCUT2D eigenvalue weighted by molar-refractivity contribution is -0.274. The number of nitrogens with one attached hydrogen (secondary N) is 2. The first kappa shape index (κ1) is 29.0. The van der Waals surface area contributed by atoms with Gasteiger partial charge in [-0.05, 0) is 71.5 Å². The van der Waals surface area contributed by atoms with E-state index in [1.807, 2.05) is 30.5 Å². The molecule has 1 amide bonds. The van der Waals surface area contributed by atoms with Crippen LogP contribution in [0.2, 0.25) is 5.02 Å². The molecular formula is C30H28ClF3N2O4. The topological polar surface area (TPSA) is 91.4 Å². The second kappa shape index (κ2) is 12.5. The maximum Gasteiger partial charge on any atom is 0.573 e. The Labute approximate surface area is 234 Å². The number of carboxylic acid groups (broad SMARTS) is 1. The number of benzene rings is 3. The van der Waals surface area contributed by atoms with Crippen LogP contribution in [0.4, 0.5) is 13.2 Å². The van der Waals surface area contributed by atoms with E-state index in [0.717, 1.165) is 29.5 Å². The molecule has 0 bridgehead atoms. The zero-order chi connectivity index (χ0) is 28.9. The van der Waals surface area contributed by atoms with Crippen molar-refractivity contribution in [3.8, 4) is 5.75 Å². The Balaban J connectivity index is 1.75. The van der Waals surface area contributed by atoms with Gasteiger partial charge >= 0.3 is 12.3 Å². The summed E-state index contributed by atoms with van der Waals surface area (Å²) in [7, 11) is 0. The summed E-state index contributed by atoms with van der Waals surface area (Å²) in [5.74, 6) is -2.03. The molecule has 4 rings (SSSR count). The van der Waals surface area contributed by atoms with Crippen molar-refractivity contribution in [1.29, 1.82) is 0 Å². The summed E-state index contributed by atoms with van der Waals surface area (Å²) >= 11 is 6.18. The van der Waals surface area contributed by atoms with Gasteiger partial charge in [-0.2, -0.15) is 0 Å². The number of carboxylic acids is 1. The molecule has 0 aliphatic rings. The number of rotatable bonds is 11. The highest BCUT2D eigenvalue weighted by Gasteiger charge is 2.32. The molecule has 0 aliphatic carbocycles. The van der Waals surface area contributed by atoms with E-state index in [4.69, 9.17) is 16.7 Å². The molecule has 0 radical (unpaired) electrons. The third-order valence-electron chi connectivity index (χ3n) is 6.71. The Morgan fingerprint density at radius 2 is 1.70 bits per heavy atom. The van der Waals surface area contributed by atoms with Crippen LogP contribution in [0.25, 0.3) is 10.9 Å². The first-order valence-corrected chi connectivity index (χ1v) is 13.2. The number of hydrogen-bond acceptors (Lipinski definition) is 3. The zero-order valence-electron chi connectivity index (χ0n) is 21.6. The maximum atomic E-state index is 13.0. The molecule has 0 saturated carbocycles. The van der Waals surface area contributed by atoms with E-state index in [9.17, 15) is 22.8 Å². The number of H-pyrrole nitrogens is 1. The van der Waals surface area contributed by atoms with Gasteiger partial charge in [0.15, 0.2) is 0 Å². The van der Waals surface area contributed by atoms with E-state index < -0.39 is 12.3 Å². The molecule has 2 atom stereocenters. The molecule has 210 valence electrons. The van der Waals surface area contributed by atoms with Gasteiger partial charge in [-0.25, -0.2) is 0 Å². The molecule has 3 N–H and O–H groups in total. The number of ether oxygens (including phenoxy) is 1. The van der Waals surface area contributed by atoms with Crippen molar-refractivity contribution >= 4 is 34.4 Å². The van der Waals surface area contributed by atoms with E-state index >= 15 is 0 Å². The van der Waals surface area contributed by atoms with Crippen molar-refractivity contribution in [2.24, 2.45) is 0 Å². The molecule has 6 nitrogen and oxygen atoms in total. The molecule has 0 saturated heterocycles. The number of aromatic amines is 1. The number of hydrogen-bond donors (Lipinski definition) is 3. The van der Waals surface area contributed by atoms with E-state index in [1.54, 1.807) is 30.3 Å². The molecule has 10 heteroatoms. The fourth-order valence-corrected chi connectivity index (χ4v) is 5.10. The molecule has 4 aromatic rings. The summed E-state index contributed by atoms with van der Waals surface area (Å²) < 4.78 is 43.1. The minimum atomic E-state index is -4.81. The molecule has 3 aromatic carbocycles. The smallest absolute Gasteiger partial charge is 0.481 e. The van der Waals surface area contributed by atoms with E-state index in [0.29, 0.717) is 21.5 Å². The van der Waals surface area contributed by atoms with Crippen molar-refractivity contribution in [1.82, 2.24) is 10.3 Å². The van der Waals surface area contributed by atoms with Crippen molar-refractivity contribution in [3.05, 3.63) is 100 Å². The number of amides is 1. The SMILES string of the molecule is CCCC(c1ccc(C(=O)NCCC(=O)O)cc1)C(c1ccc(Cl)cc1)c1c[nH]c2ccc(OC(F)(F)F)cc12. The predicted molar refractivity (Wildman–Crippen MR) is 147 cm³/mol. The van der Waals surface area contributed by atoms with Gasteiger partial charge in [-0.3, -0.25) is 9.59 Å². The second-order valence-corrected chi connectivity index (χ2v) is 9.88. The Kier molecular flexibility index (Phi) is 9.04. The second-order valence-electron chi connectivity index (χ2n) is 9.45. The number of carbonyl (C=O) groups is 2. The van der Waals surface area contributed by atoms with E-state index in [-0.39, 0.29) is 36.5 Å². The zero-order valence-corrected chi connectivity index (χ0v) is 22.4. The number of aliphatic carboxylic acids is 1. The minimum Gasteiger partial charge on any atom is -0.481 e. The van der Waals surface area contributed by atoms with E-state index in [1.165, 1.54) is 12.1 Å². The van der Waals surface area contributed by atoms with Gasteiger partial charge < -0.3 is 20.1 Å². The summed E-state index contributed by atoms with van der Waals surface area (Å²) in [6, 6.07) is 18.7. The normalized spacial score (nSPS) is 13.1. The molecule has 2 unspecified atom stereocenters. The molecule has 40 heavy (non-hydrogen) atoms. The van der Waals surface area contributed by atoms with Gasteiger partial charge in [0, 0.05) is 40.1 Å². The first-order chi connectivity index (χ1) is 19.1. The van der Waals surface area contributed by atoms with Crippen LogP contribution in [-0.2, 0) is 4.79 Å². The molecular weight excluding hydrogens is 545 g/mol. The highest BCUT2D eigenvalue weighted by Crippen LogP contribution is 2.44.